The molecule has 4 nitrogen and oxygen atoms in total. The Morgan fingerprint density at radius 2 is 1.91 bits per heavy atom. The summed E-state index contributed by atoms with van der Waals surface area (Å²) >= 11 is 6.56. The smallest absolute Gasteiger partial charge is 0.119 e. The van der Waals surface area contributed by atoms with E-state index in [1.807, 2.05) is 38.1 Å². The van der Waals surface area contributed by atoms with Gasteiger partial charge in [0.15, 0.2) is 0 Å². The van der Waals surface area contributed by atoms with E-state index < -0.39 is 0 Å². The van der Waals surface area contributed by atoms with Gasteiger partial charge in [0.25, 0.3) is 0 Å². The van der Waals surface area contributed by atoms with Gasteiger partial charge in [0.05, 0.1) is 17.8 Å². The van der Waals surface area contributed by atoms with Crippen molar-refractivity contribution in [3.63, 3.8) is 0 Å². The molecule has 1 heterocycles. The minimum absolute atomic E-state index is 0.334. The standard InChI is InChI=1S/C16H20ClN3O.C2H6/c1-21-13-4-2-3-11(9-13)16-14(17)15(19-20-16)10-5-7-12(18)8-6-10;1-2/h2-4,9-10,12H,5-8,18H2,1H3,(H,19,20);1-2H3. The van der Waals surface area contributed by atoms with Gasteiger partial charge in [0, 0.05) is 17.5 Å². The summed E-state index contributed by atoms with van der Waals surface area (Å²) in [4.78, 5) is 0. The molecule has 0 atom stereocenters. The number of nitrogens with one attached hydrogen (secondary N) is 1. The molecule has 0 spiro atoms. The Kier molecular flexibility index (Phi) is 6.48. The monoisotopic (exact) mass is 335 g/mol. The van der Waals surface area contributed by atoms with E-state index in [-0.39, 0.29) is 0 Å². The first-order chi connectivity index (χ1) is 11.2. The molecule has 1 saturated carbocycles. The van der Waals surface area contributed by atoms with Crippen LogP contribution >= 0.6 is 11.6 Å². The average molecular weight is 336 g/mol. The zero-order chi connectivity index (χ0) is 16.8. The topological polar surface area (TPSA) is 63.9 Å². The minimum Gasteiger partial charge on any atom is -0.497 e. The molecule has 0 unspecified atom stereocenters. The molecule has 126 valence electrons. The molecular weight excluding hydrogens is 310 g/mol. The molecule has 23 heavy (non-hydrogen) atoms. The van der Waals surface area contributed by atoms with Gasteiger partial charge < -0.3 is 10.5 Å². The van der Waals surface area contributed by atoms with Crippen LogP contribution in [0.25, 0.3) is 11.3 Å². The number of hydrogen-bond donors (Lipinski definition) is 2. The van der Waals surface area contributed by atoms with Crippen LogP contribution in [0.5, 0.6) is 5.75 Å². The lowest BCUT2D eigenvalue weighted by Crippen LogP contribution is -2.25. The van der Waals surface area contributed by atoms with Crippen LogP contribution in [0.15, 0.2) is 24.3 Å². The van der Waals surface area contributed by atoms with E-state index >= 15 is 0 Å². The number of ether oxygens (including phenoxy) is 1. The van der Waals surface area contributed by atoms with E-state index in [1.165, 1.54) is 0 Å². The molecule has 1 aromatic carbocycles. The Bertz CT molecular complexity index is 618. The number of aromatic amines is 1. The number of rotatable bonds is 3. The van der Waals surface area contributed by atoms with E-state index in [0.717, 1.165) is 53.4 Å². The highest BCUT2D eigenvalue weighted by molar-refractivity contribution is 6.33. The molecule has 0 radical (unpaired) electrons. The quantitative estimate of drug-likeness (QED) is 0.850. The average Bonchev–Trinajstić information content (AvgIpc) is 2.99. The number of H-pyrrole nitrogens is 1. The predicted octanol–water partition coefficient (Wildman–Crippen LogP) is 4.75. The first-order valence-corrected chi connectivity index (χ1v) is 8.70. The summed E-state index contributed by atoms with van der Waals surface area (Å²) in [5.74, 6) is 1.24. The van der Waals surface area contributed by atoms with Gasteiger partial charge >= 0.3 is 0 Å². The summed E-state index contributed by atoms with van der Waals surface area (Å²) in [6.45, 7) is 4.00. The Morgan fingerprint density at radius 1 is 1.22 bits per heavy atom. The first kappa shape index (κ1) is 17.8. The number of benzene rings is 1. The maximum absolute atomic E-state index is 6.56. The molecule has 0 saturated heterocycles. The van der Waals surface area contributed by atoms with Gasteiger partial charge in [-0.25, -0.2) is 0 Å². The second kappa shape index (κ2) is 8.37. The zero-order valence-electron chi connectivity index (χ0n) is 14.1. The maximum Gasteiger partial charge on any atom is 0.119 e. The highest BCUT2D eigenvalue weighted by atomic mass is 35.5. The summed E-state index contributed by atoms with van der Waals surface area (Å²) in [6.07, 6.45) is 4.24. The SMILES string of the molecule is CC.COc1cccc(-c2n[nH]c(C3CCC(N)CC3)c2Cl)c1. The van der Waals surface area contributed by atoms with Crippen molar-refractivity contribution in [1.82, 2.24) is 10.2 Å². The van der Waals surface area contributed by atoms with Gasteiger partial charge in [0.1, 0.15) is 11.4 Å². The molecule has 0 amide bonds. The van der Waals surface area contributed by atoms with Crippen LogP contribution < -0.4 is 10.5 Å². The normalized spacial score (nSPS) is 20.6. The molecule has 2 aromatic rings. The summed E-state index contributed by atoms with van der Waals surface area (Å²) in [5, 5.41) is 8.27. The second-order valence-corrected chi connectivity index (χ2v) is 6.02. The van der Waals surface area contributed by atoms with Gasteiger partial charge in [-0.05, 0) is 37.8 Å². The molecule has 1 aliphatic carbocycles. The van der Waals surface area contributed by atoms with E-state index in [0.29, 0.717) is 12.0 Å². The molecule has 1 aromatic heterocycles. The summed E-state index contributed by atoms with van der Waals surface area (Å²) in [7, 11) is 1.65. The van der Waals surface area contributed by atoms with Gasteiger partial charge in [-0.2, -0.15) is 5.10 Å². The molecule has 0 aliphatic heterocycles. The molecule has 3 rings (SSSR count). The van der Waals surface area contributed by atoms with Crippen molar-refractivity contribution in [1.29, 1.82) is 0 Å². The van der Waals surface area contributed by atoms with Crippen LogP contribution in [0.2, 0.25) is 5.02 Å². The van der Waals surface area contributed by atoms with Crippen molar-refractivity contribution >= 4 is 11.6 Å². The lowest BCUT2D eigenvalue weighted by molar-refractivity contribution is 0.390. The molecule has 1 fully saturated rings. The highest BCUT2D eigenvalue weighted by Crippen LogP contribution is 2.39. The van der Waals surface area contributed by atoms with Gasteiger partial charge in [0.2, 0.25) is 0 Å². The Hall–Kier alpha value is -1.52. The lowest BCUT2D eigenvalue weighted by Gasteiger charge is -2.25. The Labute approximate surface area is 143 Å². The molecule has 5 heteroatoms. The van der Waals surface area contributed by atoms with E-state index in [2.05, 4.69) is 10.2 Å². The highest BCUT2D eigenvalue weighted by Gasteiger charge is 2.25. The van der Waals surface area contributed by atoms with Crippen molar-refractivity contribution in [3.8, 4) is 17.0 Å². The van der Waals surface area contributed by atoms with E-state index in [1.54, 1.807) is 7.11 Å². The van der Waals surface area contributed by atoms with Gasteiger partial charge in [-0.3, -0.25) is 5.10 Å². The fourth-order valence-corrected chi connectivity index (χ4v) is 3.33. The van der Waals surface area contributed by atoms with Crippen molar-refractivity contribution in [2.75, 3.05) is 7.11 Å². The fourth-order valence-electron chi connectivity index (χ4n) is 2.98. The number of nitrogens with zero attached hydrogens (tertiary/aromatic N) is 1. The van der Waals surface area contributed by atoms with Crippen LogP contribution in [0, 0.1) is 0 Å². The zero-order valence-corrected chi connectivity index (χ0v) is 14.9. The Balaban J connectivity index is 0.000000924. The number of hydrogen-bond acceptors (Lipinski definition) is 3. The Morgan fingerprint density at radius 3 is 2.57 bits per heavy atom. The van der Waals surface area contributed by atoms with Crippen LogP contribution in [-0.4, -0.2) is 23.3 Å². The van der Waals surface area contributed by atoms with E-state index in [9.17, 15) is 0 Å². The lowest BCUT2D eigenvalue weighted by atomic mass is 9.84. The third-order valence-electron chi connectivity index (χ3n) is 4.26. The molecule has 0 bridgehead atoms. The summed E-state index contributed by atoms with van der Waals surface area (Å²) < 4.78 is 5.26. The van der Waals surface area contributed by atoms with Gasteiger partial charge in [-0.1, -0.05) is 37.6 Å². The van der Waals surface area contributed by atoms with Crippen molar-refractivity contribution in [2.45, 2.75) is 51.5 Å². The largest absolute Gasteiger partial charge is 0.497 e. The maximum atomic E-state index is 6.56. The van der Waals surface area contributed by atoms with E-state index in [4.69, 9.17) is 22.1 Å². The van der Waals surface area contributed by atoms with Crippen molar-refractivity contribution in [3.05, 3.63) is 35.0 Å². The van der Waals surface area contributed by atoms with Crippen LogP contribution in [0.3, 0.4) is 0 Å². The fraction of sp³-hybridized carbons (Fsp3) is 0.500. The van der Waals surface area contributed by atoms with Crippen LogP contribution in [-0.2, 0) is 0 Å². The molecular formula is C18H26ClN3O. The minimum atomic E-state index is 0.334. The third-order valence-corrected chi connectivity index (χ3v) is 4.64. The molecule has 3 N–H and O–H groups in total. The number of methoxy groups -OCH3 is 1. The first-order valence-electron chi connectivity index (χ1n) is 8.32. The third kappa shape index (κ3) is 4.06. The number of aromatic nitrogens is 2. The summed E-state index contributed by atoms with van der Waals surface area (Å²) in [5.41, 5.74) is 8.77. The predicted molar refractivity (Wildman–Crippen MR) is 96.1 cm³/mol. The second-order valence-electron chi connectivity index (χ2n) is 5.64. The summed E-state index contributed by atoms with van der Waals surface area (Å²) in [6, 6.07) is 8.13. The van der Waals surface area contributed by atoms with Crippen LogP contribution in [0.4, 0.5) is 0 Å². The van der Waals surface area contributed by atoms with Crippen molar-refractivity contribution in [2.24, 2.45) is 5.73 Å². The van der Waals surface area contributed by atoms with Gasteiger partial charge in [-0.15, -0.1) is 0 Å². The van der Waals surface area contributed by atoms with Crippen molar-refractivity contribution < 1.29 is 4.74 Å². The number of nitrogens with two attached hydrogens (primary N) is 1. The molecule has 1 aliphatic rings. The number of halogens is 1. The van der Waals surface area contributed by atoms with Crippen LogP contribution in [0.1, 0.15) is 51.1 Å².